The molecule has 1 unspecified atom stereocenters. The fourth-order valence-electron chi connectivity index (χ4n) is 2.86. The molecule has 1 aliphatic heterocycles. The first-order valence-corrected chi connectivity index (χ1v) is 8.99. The van der Waals surface area contributed by atoms with Gasteiger partial charge in [-0.3, -0.25) is 4.79 Å². The molecule has 0 bridgehead atoms. The lowest BCUT2D eigenvalue weighted by Gasteiger charge is -2.26. The van der Waals surface area contributed by atoms with Gasteiger partial charge in [0.25, 0.3) is 5.91 Å². The molecule has 0 radical (unpaired) electrons. The topological polar surface area (TPSA) is 70.6 Å². The van der Waals surface area contributed by atoms with Gasteiger partial charge >= 0.3 is 0 Å². The highest BCUT2D eigenvalue weighted by atomic mass is 19.1. The molecule has 0 saturated heterocycles. The first-order chi connectivity index (χ1) is 13.5. The molecule has 28 heavy (non-hydrogen) atoms. The maximum atomic E-state index is 14.3. The molecule has 4 rings (SSSR count). The quantitative estimate of drug-likeness (QED) is 0.711. The van der Waals surface area contributed by atoms with Crippen molar-refractivity contribution >= 4 is 17.3 Å². The predicted octanol–water partition coefficient (Wildman–Crippen LogP) is 3.14. The molecule has 1 heterocycles. The minimum absolute atomic E-state index is 0.0719. The summed E-state index contributed by atoms with van der Waals surface area (Å²) in [6, 6.07) is 6.73. The SMILES string of the molecule is O=C(Nc1ccc2c(c1)OCC(CO)N2)c1c(F)cc(C#CC2CC2)cc1F. The normalized spacial score (nSPS) is 17.5. The summed E-state index contributed by atoms with van der Waals surface area (Å²) in [4.78, 5) is 12.4. The number of carbonyl (C=O) groups excluding carboxylic acids is 1. The van der Waals surface area contributed by atoms with Gasteiger partial charge < -0.3 is 20.5 Å². The van der Waals surface area contributed by atoms with Crippen molar-refractivity contribution < 1.29 is 23.4 Å². The van der Waals surface area contributed by atoms with Crippen molar-refractivity contribution in [3.05, 3.63) is 53.1 Å². The van der Waals surface area contributed by atoms with Crippen LogP contribution in [0.4, 0.5) is 20.2 Å². The van der Waals surface area contributed by atoms with Gasteiger partial charge in [0, 0.05) is 23.2 Å². The number of anilines is 2. The largest absolute Gasteiger partial charge is 0.489 e. The van der Waals surface area contributed by atoms with E-state index in [0.717, 1.165) is 25.0 Å². The van der Waals surface area contributed by atoms with Crippen LogP contribution in [0.25, 0.3) is 0 Å². The van der Waals surface area contributed by atoms with Crippen molar-refractivity contribution in [1.29, 1.82) is 0 Å². The standard InChI is InChI=1S/C21H18F2N2O3/c22-16-7-13(4-3-12-1-2-12)8-17(23)20(16)21(27)25-14-5-6-18-19(9-14)28-11-15(10-26)24-18/h5-9,12,15,24,26H,1-2,10-11H2,(H,25,27). The molecule has 2 aromatic rings. The molecule has 1 saturated carbocycles. The minimum Gasteiger partial charge on any atom is -0.489 e. The molecule has 1 amide bonds. The molecular formula is C21H18F2N2O3. The molecular weight excluding hydrogens is 366 g/mol. The fraction of sp³-hybridized carbons (Fsp3) is 0.286. The lowest BCUT2D eigenvalue weighted by Crippen LogP contribution is -2.34. The predicted molar refractivity (Wildman–Crippen MR) is 100 cm³/mol. The number of hydrogen-bond acceptors (Lipinski definition) is 4. The van der Waals surface area contributed by atoms with Gasteiger partial charge in [-0.2, -0.15) is 0 Å². The van der Waals surface area contributed by atoms with Gasteiger partial charge in [0.2, 0.25) is 0 Å². The number of amides is 1. The third-order valence-corrected chi connectivity index (χ3v) is 4.53. The molecule has 144 valence electrons. The molecule has 2 aliphatic rings. The number of rotatable bonds is 3. The summed E-state index contributed by atoms with van der Waals surface area (Å²) in [5.41, 5.74) is 0.558. The van der Waals surface area contributed by atoms with Crippen LogP contribution in [0.1, 0.15) is 28.8 Å². The van der Waals surface area contributed by atoms with Gasteiger partial charge in [-0.05, 0) is 37.1 Å². The van der Waals surface area contributed by atoms with E-state index in [-0.39, 0.29) is 24.8 Å². The van der Waals surface area contributed by atoms with Crippen LogP contribution < -0.4 is 15.4 Å². The van der Waals surface area contributed by atoms with Crippen LogP contribution in [0.2, 0.25) is 0 Å². The average Bonchev–Trinajstić information content (AvgIpc) is 3.50. The highest BCUT2D eigenvalue weighted by Gasteiger charge is 2.22. The summed E-state index contributed by atoms with van der Waals surface area (Å²) >= 11 is 0. The molecule has 3 N–H and O–H groups in total. The van der Waals surface area contributed by atoms with Gasteiger partial charge in [-0.25, -0.2) is 8.78 Å². The van der Waals surface area contributed by atoms with Crippen LogP contribution in [-0.2, 0) is 0 Å². The van der Waals surface area contributed by atoms with Gasteiger partial charge in [-0.15, -0.1) is 0 Å². The van der Waals surface area contributed by atoms with Gasteiger partial charge in [0.05, 0.1) is 18.3 Å². The van der Waals surface area contributed by atoms with Crippen LogP contribution in [0.15, 0.2) is 30.3 Å². The summed E-state index contributed by atoms with van der Waals surface area (Å²) in [5, 5.41) is 14.7. The van der Waals surface area contributed by atoms with Gasteiger partial charge in [0.1, 0.15) is 29.6 Å². The molecule has 2 aromatic carbocycles. The Balaban J connectivity index is 1.52. The molecule has 5 nitrogen and oxygen atoms in total. The summed E-state index contributed by atoms with van der Waals surface area (Å²) in [7, 11) is 0. The van der Waals surface area contributed by atoms with Crippen molar-refractivity contribution in [2.45, 2.75) is 18.9 Å². The minimum atomic E-state index is -0.959. The van der Waals surface area contributed by atoms with E-state index in [4.69, 9.17) is 4.74 Å². The summed E-state index contributed by atoms with van der Waals surface area (Å²) in [6.07, 6.45) is 2.03. The van der Waals surface area contributed by atoms with E-state index in [9.17, 15) is 18.7 Å². The fourth-order valence-corrected chi connectivity index (χ4v) is 2.86. The lowest BCUT2D eigenvalue weighted by atomic mass is 10.1. The highest BCUT2D eigenvalue weighted by molar-refractivity contribution is 6.05. The van der Waals surface area contributed by atoms with Gasteiger partial charge in [0.15, 0.2) is 0 Å². The second-order valence-corrected chi connectivity index (χ2v) is 6.86. The molecule has 1 aliphatic carbocycles. The maximum absolute atomic E-state index is 14.3. The monoisotopic (exact) mass is 384 g/mol. The highest BCUT2D eigenvalue weighted by Crippen LogP contribution is 2.32. The zero-order valence-electron chi connectivity index (χ0n) is 14.9. The van der Waals surface area contributed by atoms with E-state index in [2.05, 4.69) is 22.5 Å². The molecule has 0 spiro atoms. The number of aliphatic hydroxyl groups is 1. The smallest absolute Gasteiger partial charge is 0.261 e. The lowest BCUT2D eigenvalue weighted by molar-refractivity contribution is 0.101. The number of benzene rings is 2. The van der Waals surface area contributed by atoms with Crippen LogP contribution in [0.5, 0.6) is 5.75 Å². The van der Waals surface area contributed by atoms with Crippen LogP contribution in [0, 0.1) is 29.4 Å². The van der Waals surface area contributed by atoms with E-state index in [1.807, 2.05) is 0 Å². The Bertz CT molecular complexity index is 970. The van der Waals surface area contributed by atoms with Crippen molar-refractivity contribution in [2.75, 3.05) is 23.8 Å². The number of fused-ring (bicyclic) bond motifs is 1. The van der Waals surface area contributed by atoms with Crippen molar-refractivity contribution in [2.24, 2.45) is 5.92 Å². The van der Waals surface area contributed by atoms with Crippen molar-refractivity contribution in [3.8, 4) is 17.6 Å². The summed E-state index contributed by atoms with van der Waals surface area (Å²) in [5.74, 6) is 3.65. The van der Waals surface area contributed by atoms with Crippen LogP contribution in [0.3, 0.4) is 0 Å². The van der Waals surface area contributed by atoms with Crippen molar-refractivity contribution in [1.82, 2.24) is 0 Å². The number of halogens is 2. The number of aliphatic hydroxyl groups excluding tert-OH is 1. The summed E-state index contributed by atoms with van der Waals surface area (Å²) < 4.78 is 34.2. The van der Waals surface area contributed by atoms with Gasteiger partial charge in [-0.1, -0.05) is 11.8 Å². The average molecular weight is 384 g/mol. The van der Waals surface area contributed by atoms with E-state index in [1.165, 1.54) is 0 Å². The van der Waals surface area contributed by atoms with E-state index in [1.54, 1.807) is 18.2 Å². The summed E-state index contributed by atoms with van der Waals surface area (Å²) in [6.45, 7) is 0.199. The second-order valence-electron chi connectivity index (χ2n) is 6.86. The van der Waals surface area contributed by atoms with E-state index < -0.39 is 23.1 Å². The molecule has 1 atom stereocenters. The van der Waals surface area contributed by atoms with E-state index in [0.29, 0.717) is 23.0 Å². The number of hydrogen-bond donors (Lipinski definition) is 3. The Labute approximate surface area is 160 Å². The Hall–Kier alpha value is -3.11. The Kier molecular flexibility index (Phi) is 4.88. The van der Waals surface area contributed by atoms with Crippen LogP contribution >= 0.6 is 0 Å². The first kappa shape index (κ1) is 18.3. The molecule has 0 aromatic heterocycles. The number of nitrogens with one attached hydrogen (secondary N) is 2. The third kappa shape index (κ3) is 3.92. The Morgan fingerprint density at radius 1 is 1.25 bits per heavy atom. The zero-order chi connectivity index (χ0) is 19.7. The number of ether oxygens (including phenoxy) is 1. The third-order valence-electron chi connectivity index (χ3n) is 4.53. The van der Waals surface area contributed by atoms with Crippen LogP contribution in [-0.4, -0.2) is 30.3 Å². The first-order valence-electron chi connectivity index (χ1n) is 8.99. The zero-order valence-corrected chi connectivity index (χ0v) is 14.9. The molecule has 7 heteroatoms. The van der Waals surface area contributed by atoms with Crippen molar-refractivity contribution in [3.63, 3.8) is 0 Å². The maximum Gasteiger partial charge on any atom is 0.261 e. The van der Waals surface area contributed by atoms with E-state index >= 15 is 0 Å². The Morgan fingerprint density at radius 2 is 2.00 bits per heavy atom. The second kappa shape index (κ2) is 7.49. The Morgan fingerprint density at radius 3 is 2.68 bits per heavy atom. The molecule has 1 fully saturated rings. The number of carbonyl (C=O) groups is 1.